The fourth-order valence-electron chi connectivity index (χ4n) is 2.02. The molecule has 0 fully saturated rings. The van der Waals surface area contributed by atoms with Crippen LogP contribution in [0.2, 0.25) is 0 Å². The number of aryl methyl sites for hydroxylation is 1. The van der Waals surface area contributed by atoms with E-state index >= 15 is 0 Å². The van der Waals surface area contributed by atoms with Crippen molar-refractivity contribution in [2.45, 2.75) is 52.4 Å². The Morgan fingerprint density at radius 2 is 1.88 bits per heavy atom. The Labute approximate surface area is 104 Å². The molecule has 1 rings (SSSR count). The zero-order valence-corrected chi connectivity index (χ0v) is 11.0. The lowest BCUT2D eigenvalue weighted by atomic mass is 9.99. The Balaban J connectivity index is 2.42. The maximum atomic E-state index is 12.0. The Morgan fingerprint density at radius 1 is 1.18 bits per heavy atom. The summed E-state index contributed by atoms with van der Waals surface area (Å²) in [7, 11) is 0. The van der Waals surface area contributed by atoms with Crippen LogP contribution in [0.5, 0.6) is 0 Å². The third kappa shape index (κ3) is 4.59. The van der Waals surface area contributed by atoms with E-state index in [1.54, 1.807) is 6.07 Å². The van der Waals surface area contributed by atoms with Crippen molar-refractivity contribution in [1.82, 2.24) is 0 Å². The minimum absolute atomic E-state index is 0.249. The number of rotatable bonds is 7. The van der Waals surface area contributed by atoms with Crippen molar-refractivity contribution in [3.8, 4) is 0 Å². The first-order valence-electron chi connectivity index (χ1n) is 6.54. The van der Waals surface area contributed by atoms with Crippen LogP contribution in [-0.4, -0.2) is 5.78 Å². The van der Waals surface area contributed by atoms with Crippen LogP contribution in [0, 0.1) is 6.92 Å². The summed E-state index contributed by atoms with van der Waals surface area (Å²) in [6, 6.07) is 5.51. The lowest BCUT2D eigenvalue weighted by Gasteiger charge is -2.05. The predicted octanol–water partition coefficient (Wildman–Crippen LogP) is 4.12. The van der Waals surface area contributed by atoms with Crippen molar-refractivity contribution >= 4 is 11.5 Å². The predicted molar refractivity (Wildman–Crippen MR) is 73.3 cm³/mol. The molecule has 94 valence electrons. The minimum Gasteiger partial charge on any atom is -0.399 e. The second-order valence-electron chi connectivity index (χ2n) is 4.66. The van der Waals surface area contributed by atoms with Gasteiger partial charge >= 0.3 is 0 Å². The second-order valence-corrected chi connectivity index (χ2v) is 4.66. The number of hydrogen-bond acceptors (Lipinski definition) is 2. The number of Topliss-reactive ketones (excluding diaryl/α,β-unsaturated/α-hetero) is 1. The largest absolute Gasteiger partial charge is 0.399 e. The quantitative estimate of drug-likeness (QED) is 0.437. The van der Waals surface area contributed by atoms with Gasteiger partial charge in [-0.15, -0.1) is 0 Å². The standard InChI is InChI=1S/C15H23NO/c1-3-4-5-6-7-8-15(17)14-10-9-13(16)11-12(14)2/h9-11H,3-8,16H2,1-2H3. The number of hydrogen-bond donors (Lipinski definition) is 1. The van der Waals surface area contributed by atoms with E-state index in [1.807, 2.05) is 19.1 Å². The molecule has 0 spiro atoms. The zero-order valence-electron chi connectivity index (χ0n) is 11.0. The van der Waals surface area contributed by atoms with Gasteiger partial charge in [0, 0.05) is 17.7 Å². The van der Waals surface area contributed by atoms with Gasteiger partial charge in [-0.25, -0.2) is 0 Å². The van der Waals surface area contributed by atoms with Crippen molar-refractivity contribution in [2.75, 3.05) is 5.73 Å². The number of carbonyl (C=O) groups is 1. The summed E-state index contributed by atoms with van der Waals surface area (Å²) in [5, 5.41) is 0. The summed E-state index contributed by atoms with van der Waals surface area (Å²) in [6.07, 6.45) is 6.58. The number of unbranched alkanes of at least 4 members (excludes halogenated alkanes) is 4. The first-order chi connectivity index (χ1) is 8.15. The second kappa shape index (κ2) is 7.10. The van der Waals surface area contributed by atoms with E-state index in [1.165, 1.54) is 19.3 Å². The molecule has 0 aliphatic rings. The Kier molecular flexibility index (Phi) is 5.75. The van der Waals surface area contributed by atoms with E-state index in [2.05, 4.69) is 6.92 Å². The molecule has 0 atom stereocenters. The van der Waals surface area contributed by atoms with Crippen molar-refractivity contribution in [3.05, 3.63) is 29.3 Å². The van der Waals surface area contributed by atoms with Crippen LogP contribution in [0.25, 0.3) is 0 Å². The molecule has 0 saturated heterocycles. The van der Waals surface area contributed by atoms with Crippen LogP contribution < -0.4 is 5.73 Å². The third-order valence-electron chi connectivity index (χ3n) is 3.06. The fraction of sp³-hybridized carbons (Fsp3) is 0.533. The van der Waals surface area contributed by atoms with Crippen LogP contribution in [-0.2, 0) is 0 Å². The maximum Gasteiger partial charge on any atom is 0.163 e. The molecule has 0 aromatic heterocycles. The van der Waals surface area contributed by atoms with Crippen LogP contribution in [0.4, 0.5) is 5.69 Å². The summed E-state index contributed by atoms with van der Waals surface area (Å²) in [6.45, 7) is 4.14. The molecule has 2 N–H and O–H groups in total. The summed E-state index contributed by atoms with van der Waals surface area (Å²) in [4.78, 5) is 12.0. The normalized spacial score (nSPS) is 10.5. The van der Waals surface area contributed by atoms with Crippen LogP contribution in [0.1, 0.15) is 61.4 Å². The van der Waals surface area contributed by atoms with E-state index < -0.39 is 0 Å². The molecule has 2 heteroatoms. The van der Waals surface area contributed by atoms with Gasteiger partial charge in [0.15, 0.2) is 5.78 Å². The first-order valence-corrected chi connectivity index (χ1v) is 6.54. The van der Waals surface area contributed by atoms with Gasteiger partial charge in [-0.1, -0.05) is 32.6 Å². The number of benzene rings is 1. The molecule has 1 aromatic carbocycles. The summed E-state index contributed by atoms with van der Waals surface area (Å²) >= 11 is 0. The van der Waals surface area contributed by atoms with E-state index in [4.69, 9.17) is 5.73 Å². The number of nitrogen functional groups attached to an aromatic ring is 1. The van der Waals surface area contributed by atoms with Gasteiger partial charge in [0.1, 0.15) is 0 Å². The molecule has 0 aliphatic carbocycles. The van der Waals surface area contributed by atoms with Gasteiger partial charge in [0.2, 0.25) is 0 Å². The highest BCUT2D eigenvalue weighted by molar-refractivity contribution is 5.97. The molecule has 1 aromatic rings. The summed E-state index contributed by atoms with van der Waals surface area (Å²) in [5.41, 5.74) is 8.21. The molecule has 0 bridgehead atoms. The minimum atomic E-state index is 0.249. The van der Waals surface area contributed by atoms with Crippen molar-refractivity contribution in [3.63, 3.8) is 0 Å². The first kappa shape index (κ1) is 13.8. The molecule has 17 heavy (non-hydrogen) atoms. The lowest BCUT2D eigenvalue weighted by Crippen LogP contribution is -2.02. The molecular weight excluding hydrogens is 210 g/mol. The average molecular weight is 233 g/mol. The van der Waals surface area contributed by atoms with Crippen LogP contribution in [0.3, 0.4) is 0 Å². The highest BCUT2D eigenvalue weighted by atomic mass is 16.1. The summed E-state index contributed by atoms with van der Waals surface area (Å²) < 4.78 is 0. The molecule has 0 aliphatic heterocycles. The highest BCUT2D eigenvalue weighted by Crippen LogP contribution is 2.16. The number of ketones is 1. The smallest absolute Gasteiger partial charge is 0.163 e. The van der Waals surface area contributed by atoms with E-state index in [0.29, 0.717) is 6.42 Å². The summed E-state index contributed by atoms with van der Waals surface area (Å²) in [5.74, 6) is 0.249. The third-order valence-corrected chi connectivity index (χ3v) is 3.06. The van der Waals surface area contributed by atoms with Crippen molar-refractivity contribution in [1.29, 1.82) is 0 Å². The van der Waals surface area contributed by atoms with E-state index in [9.17, 15) is 4.79 Å². The monoisotopic (exact) mass is 233 g/mol. The topological polar surface area (TPSA) is 43.1 Å². The molecule has 0 unspecified atom stereocenters. The Morgan fingerprint density at radius 3 is 2.53 bits per heavy atom. The molecule has 0 amide bonds. The van der Waals surface area contributed by atoms with Crippen LogP contribution in [0.15, 0.2) is 18.2 Å². The molecule has 0 saturated carbocycles. The number of nitrogens with two attached hydrogens (primary N) is 1. The highest BCUT2D eigenvalue weighted by Gasteiger charge is 2.08. The zero-order chi connectivity index (χ0) is 12.7. The van der Waals surface area contributed by atoms with Gasteiger partial charge in [0.05, 0.1) is 0 Å². The van der Waals surface area contributed by atoms with Crippen molar-refractivity contribution < 1.29 is 4.79 Å². The van der Waals surface area contributed by atoms with E-state index in [0.717, 1.165) is 29.7 Å². The van der Waals surface area contributed by atoms with Crippen LogP contribution >= 0.6 is 0 Å². The van der Waals surface area contributed by atoms with Gasteiger partial charge in [0.25, 0.3) is 0 Å². The lowest BCUT2D eigenvalue weighted by molar-refractivity contribution is 0.0978. The van der Waals surface area contributed by atoms with Gasteiger partial charge in [-0.3, -0.25) is 4.79 Å². The SMILES string of the molecule is CCCCCCCC(=O)c1ccc(N)cc1C. The molecule has 0 heterocycles. The average Bonchev–Trinajstić information content (AvgIpc) is 2.28. The Hall–Kier alpha value is -1.31. The van der Waals surface area contributed by atoms with E-state index in [-0.39, 0.29) is 5.78 Å². The van der Waals surface area contributed by atoms with Gasteiger partial charge < -0.3 is 5.73 Å². The Bertz CT molecular complexity index is 371. The molecule has 2 nitrogen and oxygen atoms in total. The molecule has 0 radical (unpaired) electrons. The fourth-order valence-corrected chi connectivity index (χ4v) is 2.02. The van der Waals surface area contributed by atoms with Gasteiger partial charge in [-0.05, 0) is 37.1 Å². The number of carbonyl (C=O) groups excluding carboxylic acids is 1. The van der Waals surface area contributed by atoms with Crippen molar-refractivity contribution in [2.24, 2.45) is 0 Å². The number of anilines is 1. The molecular formula is C15H23NO. The maximum absolute atomic E-state index is 12.0. The van der Waals surface area contributed by atoms with Gasteiger partial charge in [-0.2, -0.15) is 0 Å².